The first-order valence-corrected chi connectivity index (χ1v) is 8.21. The van der Waals surface area contributed by atoms with Crippen LogP contribution in [0.15, 0.2) is 0 Å². The third-order valence-corrected chi connectivity index (χ3v) is 4.43. The highest BCUT2D eigenvalue weighted by molar-refractivity contribution is 7.13. The molecule has 0 amide bonds. The van der Waals surface area contributed by atoms with Crippen molar-refractivity contribution in [1.82, 2.24) is 10.3 Å². The number of carbonyl (C=O) groups is 1. The molecule has 21 heavy (non-hydrogen) atoms. The lowest BCUT2D eigenvalue weighted by Gasteiger charge is -2.34. The fourth-order valence-electron chi connectivity index (χ4n) is 2.72. The Morgan fingerprint density at radius 3 is 2.48 bits per heavy atom. The molecule has 0 aliphatic heterocycles. The van der Waals surface area contributed by atoms with E-state index >= 15 is 0 Å². The van der Waals surface area contributed by atoms with E-state index in [0.29, 0.717) is 6.04 Å². The van der Waals surface area contributed by atoms with Crippen molar-refractivity contribution in [3.63, 3.8) is 0 Å². The van der Waals surface area contributed by atoms with E-state index in [1.807, 2.05) is 0 Å². The molecule has 2 N–H and O–H groups in total. The summed E-state index contributed by atoms with van der Waals surface area (Å²) in [7, 11) is 0. The lowest BCUT2D eigenvalue weighted by molar-refractivity contribution is 0.0688. The Balaban J connectivity index is 1.91. The van der Waals surface area contributed by atoms with Gasteiger partial charge in [0.05, 0.1) is 5.01 Å². The Kier molecular flexibility index (Phi) is 4.88. The summed E-state index contributed by atoms with van der Waals surface area (Å²) in [6, 6.07) is 0.515. The largest absolute Gasteiger partial charge is 0.477 e. The van der Waals surface area contributed by atoms with E-state index in [0.717, 1.165) is 30.7 Å². The van der Waals surface area contributed by atoms with Crippen molar-refractivity contribution in [2.24, 2.45) is 0 Å². The molecule has 118 valence electrons. The van der Waals surface area contributed by atoms with Gasteiger partial charge in [0, 0.05) is 11.6 Å². The van der Waals surface area contributed by atoms with E-state index in [1.165, 1.54) is 11.3 Å². The van der Waals surface area contributed by atoms with E-state index in [2.05, 4.69) is 31.1 Å². The van der Waals surface area contributed by atoms with E-state index in [9.17, 15) is 4.79 Å². The van der Waals surface area contributed by atoms with Crippen LogP contribution in [0.4, 0.5) is 0 Å². The Labute approximate surface area is 129 Å². The monoisotopic (exact) mass is 312 g/mol. The summed E-state index contributed by atoms with van der Waals surface area (Å²) in [6.07, 6.45) is 4.04. The molecule has 0 atom stereocenters. The van der Waals surface area contributed by atoms with Gasteiger partial charge in [0.2, 0.25) is 5.88 Å². The van der Waals surface area contributed by atoms with Gasteiger partial charge in [0.25, 0.3) is 0 Å². The Bertz CT molecular complexity index is 500. The summed E-state index contributed by atoms with van der Waals surface area (Å²) in [5, 5.41) is 13.5. The van der Waals surface area contributed by atoms with Crippen molar-refractivity contribution in [2.45, 2.75) is 71.1 Å². The molecule has 0 saturated heterocycles. The van der Waals surface area contributed by atoms with Gasteiger partial charge in [-0.2, -0.15) is 0 Å². The van der Waals surface area contributed by atoms with E-state index in [1.54, 1.807) is 6.92 Å². The highest BCUT2D eigenvalue weighted by atomic mass is 32.1. The smallest absolute Gasteiger partial charge is 0.351 e. The second-order valence-electron chi connectivity index (χ2n) is 6.66. The summed E-state index contributed by atoms with van der Waals surface area (Å²) in [5.41, 5.74) is 0.126. The number of hydrogen-bond donors (Lipinski definition) is 2. The molecule has 0 unspecified atom stereocenters. The molecule has 1 aromatic rings. The minimum absolute atomic E-state index is 0.0719. The van der Waals surface area contributed by atoms with Crippen LogP contribution in [-0.4, -0.2) is 33.7 Å². The number of aromatic carboxylic acids is 1. The van der Waals surface area contributed by atoms with Crippen LogP contribution in [0, 0.1) is 6.92 Å². The van der Waals surface area contributed by atoms with Gasteiger partial charge in [-0.15, -0.1) is 11.3 Å². The second kappa shape index (κ2) is 6.32. The van der Waals surface area contributed by atoms with Crippen molar-refractivity contribution in [3.8, 4) is 5.88 Å². The fraction of sp³-hybridized carbons (Fsp3) is 0.733. The zero-order valence-electron chi connectivity index (χ0n) is 13.1. The number of rotatable bonds is 4. The summed E-state index contributed by atoms with van der Waals surface area (Å²) >= 11 is 1.17. The molecule has 1 aliphatic carbocycles. The molecule has 6 heteroatoms. The molecule has 1 aliphatic rings. The van der Waals surface area contributed by atoms with Gasteiger partial charge in [-0.05, 0) is 53.4 Å². The summed E-state index contributed by atoms with van der Waals surface area (Å²) in [6.45, 7) is 8.32. The third-order valence-electron chi connectivity index (χ3n) is 3.49. The zero-order chi connectivity index (χ0) is 15.6. The van der Waals surface area contributed by atoms with Crippen LogP contribution in [0.3, 0.4) is 0 Å². The van der Waals surface area contributed by atoms with Crippen LogP contribution in [0.25, 0.3) is 0 Å². The Hall–Kier alpha value is -1.14. The van der Waals surface area contributed by atoms with Crippen molar-refractivity contribution in [1.29, 1.82) is 0 Å². The summed E-state index contributed by atoms with van der Waals surface area (Å²) in [4.78, 5) is 15.6. The third kappa shape index (κ3) is 4.68. The van der Waals surface area contributed by atoms with Crippen LogP contribution in [0.1, 0.15) is 61.1 Å². The van der Waals surface area contributed by atoms with Crippen molar-refractivity contribution >= 4 is 17.3 Å². The first kappa shape index (κ1) is 16.2. The second-order valence-corrected chi connectivity index (χ2v) is 7.86. The lowest BCUT2D eigenvalue weighted by atomic mass is 9.91. The highest BCUT2D eigenvalue weighted by Crippen LogP contribution is 2.29. The minimum Gasteiger partial charge on any atom is -0.477 e. The maximum Gasteiger partial charge on any atom is 0.351 e. The van der Waals surface area contributed by atoms with Crippen LogP contribution in [0.5, 0.6) is 5.88 Å². The van der Waals surface area contributed by atoms with Gasteiger partial charge < -0.3 is 15.2 Å². The molecule has 0 radical (unpaired) electrons. The topological polar surface area (TPSA) is 71.5 Å². The number of hydrogen-bond acceptors (Lipinski definition) is 5. The van der Waals surface area contributed by atoms with Crippen molar-refractivity contribution in [2.75, 3.05) is 0 Å². The van der Waals surface area contributed by atoms with Crippen LogP contribution < -0.4 is 10.1 Å². The van der Waals surface area contributed by atoms with Crippen LogP contribution >= 0.6 is 11.3 Å². The molecule has 1 fully saturated rings. The number of nitrogens with one attached hydrogen (secondary N) is 1. The average molecular weight is 312 g/mol. The van der Waals surface area contributed by atoms with E-state index < -0.39 is 5.97 Å². The Morgan fingerprint density at radius 1 is 1.33 bits per heavy atom. The van der Waals surface area contributed by atoms with Gasteiger partial charge in [0.15, 0.2) is 4.88 Å². The van der Waals surface area contributed by atoms with Gasteiger partial charge in [-0.1, -0.05) is 0 Å². The number of carboxylic acid groups (broad SMARTS) is 1. The lowest BCUT2D eigenvalue weighted by Crippen LogP contribution is -2.46. The summed E-state index contributed by atoms with van der Waals surface area (Å²) < 4.78 is 5.84. The number of ether oxygens (including phenoxy) is 1. The van der Waals surface area contributed by atoms with Gasteiger partial charge in [-0.3, -0.25) is 0 Å². The number of aryl methyl sites for hydroxylation is 1. The van der Waals surface area contributed by atoms with Crippen molar-refractivity contribution < 1.29 is 14.6 Å². The SMILES string of the molecule is Cc1nc(OC2CCC(NC(C)(C)C)CC2)c(C(=O)O)s1. The van der Waals surface area contributed by atoms with Gasteiger partial charge >= 0.3 is 5.97 Å². The Morgan fingerprint density at radius 2 is 1.95 bits per heavy atom. The highest BCUT2D eigenvalue weighted by Gasteiger charge is 2.27. The predicted octanol–water partition coefficient (Wildman–Crippen LogP) is 3.23. The molecule has 5 nitrogen and oxygen atoms in total. The molecule has 2 rings (SSSR count). The van der Waals surface area contributed by atoms with Crippen LogP contribution in [-0.2, 0) is 0 Å². The number of nitrogens with zero attached hydrogens (tertiary/aromatic N) is 1. The molecule has 0 aromatic carbocycles. The molecule has 1 aromatic heterocycles. The number of carboxylic acids is 1. The molecular formula is C15H24N2O3S. The number of aromatic nitrogens is 1. The zero-order valence-corrected chi connectivity index (χ0v) is 13.9. The van der Waals surface area contributed by atoms with E-state index in [4.69, 9.17) is 9.84 Å². The maximum atomic E-state index is 11.2. The first-order valence-electron chi connectivity index (χ1n) is 7.39. The van der Waals surface area contributed by atoms with E-state index in [-0.39, 0.29) is 22.4 Å². The van der Waals surface area contributed by atoms with Crippen molar-refractivity contribution in [3.05, 3.63) is 9.88 Å². The summed E-state index contributed by atoms with van der Waals surface area (Å²) in [5.74, 6) is -0.670. The quantitative estimate of drug-likeness (QED) is 0.893. The molecule has 0 bridgehead atoms. The molecule has 1 heterocycles. The molecule has 1 saturated carbocycles. The molecule has 0 spiro atoms. The normalized spacial score (nSPS) is 23.0. The van der Waals surface area contributed by atoms with Crippen LogP contribution in [0.2, 0.25) is 0 Å². The van der Waals surface area contributed by atoms with Gasteiger partial charge in [-0.25, -0.2) is 9.78 Å². The molecular weight excluding hydrogens is 288 g/mol. The standard InChI is InChI=1S/C15H24N2O3S/c1-9-16-13(12(21-9)14(18)19)20-11-7-5-10(6-8-11)17-15(2,3)4/h10-11,17H,5-8H2,1-4H3,(H,18,19). The maximum absolute atomic E-state index is 11.2. The average Bonchev–Trinajstić information content (AvgIpc) is 2.71. The minimum atomic E-state index is -0.960. The van der Waals surface area contributed by atoms with Gasteiger partial charge in [0.1, 0.15) is 6.10 Å². The number of thiazole rings is 1. The first-order chi connectivity index (χ1) is 9.74. The fourth-order valence-corrected chi connectivity index (χ4v) is 3.41. The predicted molar refractivity (Wildman–Crippen MR) is 83.4 cm³/mol.